The van der Waals surface area contributed by atoms with Crippen LogP contribution in [-0.2, 0) is 4.84 Å². The van der Waals surface area contributed by atoms with E-state index in [2.05, 4.69) is 0 Å². The lowest BCUT2D eigenvalue weighted by molar-refractivity contribution is -0.106. The summed E-state index contributed by atoms with van der Waals surface area (Å²) in [5.41, 5.74) is 0.882. The quantitative estimate of drug-likeness (QED) is 0.784. The number of nitrogens with zero attached hydrogens (tertiary/aromatic N) is 1. The van der Waals surface area contributed by atoms with Crippen LogP contribution in [-0.4, -0.2) is 23.5 Å². The molecule has 100 valence electrons. The average Bonchev–Trinajstić information content (AvgIpc) is 2.71. The Bertz CT molecular complexity index is 471. The molecule has 0 N–H and O–H groups in total. The summed E-state index contributed by atoms with van der Waals surface area (Å²) < 4.78 is 0. The van der Waals surface area contributed by atoms with E-state index in [9.17, 15) is 9.59 Å². The summed E-state index contributed by atoms with van der Waals surface area (Å²) in [5.74, 6) is -0.203. The van der Waals surface area contributed by atoms with Gasteiger partial charge < -0.3 is 0 Å². The molecule has 0 bridgehead atoms. The first-order chi connectivity index (χ1) is 9.27. The molecule has 1 aromatic rings. The molecule has 4 nitrogen and oxygen atoms in total. The molecule has 1 heterocycles. The molecule has 0 aromatic heterocycles. The third-order valence-electron chi connectivity index (χ3n) is 3.92. The number of hydrogen-bond acceptors (Lipinski definition) is 3. The van der Waals surface area contributed by atoms with Gasteiger partial charge in [0.15, 0.2) is 0 Å². The zero-order valence-corrected chi connectivity index (χ0v) is 10.8. The molecule has 19 heavy (non-hydrogen) atoms. The number of carbonyl (C=O) groups excluding carboxylic acids is 2. The van der Waals surface area contributed by atoms with Gasteiger partial charge in [0.05, 0.1) is 17.7 Å². The first kappa shape index (κ1) is 12.4. The number of hydroxylamine groups is 2. The summed E-state index contributed by atoms with van der Waals surface area (Å²) in [4.78, 5) is 29.6. The Kier molecular flexibility index (Phi) is 3.34. The van der Waals surface area contributed by atoms with Gasteiger partial charge in [0, 0.05) is 0 Å². The second-order valence-corrected chi connectivity index (χ2v) is 5.25. The van der Waals surface area contributed by atoms with Gasteiger partial charge >= 0.3 is 0 Å². The van der Waals surface area contributed by atoms with E-state index < -0.39 is 0 Å². The van der Waals surface area contributed by atoms with Gasteiger partial charge in [0.1, 0.15) is 0 Å². The van der Waals surface area contributed by atoms with Crippen molar-refractivity contribution in [2.75, 3.05) is 6.61 Å². The molecule has 0 spiro atoms. The number of imide groups is 1. The van der Waals surface area contributed by atoms with Gasteiger partial charge in [-0.05, 0) is 30.9 Å². The third-order valence-corrected chi connectivity index (χ3v) is 3.92. The average molecular weight is 259 g/mol. The third kappa shape index (κ3) is 2.28. The van der Waals surface area contributed by atoms with Gasteiger partial charge in [0.25, 0.3) is 11.8 Å². The molecular weight excluding hydrogens is 242 g/mol. The maximum absolute atomic E-state index is 12.1. The van der Waals surface area contributed by atoms with Crippen molar-refractivity contribution in [1.29, 1.82) is 0 Å². The zero-order valence-electron chi connectivity index (χ0n) is 10.8. The molecule has 0 unspecified atom stereocenters. The molecule has 0 radical (unpaired) electrons. The second kappa shape index (κ2) is 5.13. The lowest BCUT2D eigenvalue weighted by Gasteiger charge is -2.23. The summed E-state index contributed by atoms with van der Waals surface area (Å²) in [6, 6.07) is 6.85. The Balaban J connectivity index is 1.67. The Hall–Kier alpha value is -1.68. The van der Waals surface area contributed by atoms with Gasteiger partial charge in [-0.15, -0.1) is 5.06 Å². The number of amides is 2. The van der Waals surface area contributed by atoms with E-state index >= 15 is 0 Å². The van der Waals surface area contributed by atoms with Crippen molar-refractivity contribution in [3.05, 3.63) is 35.4 Å². The van der Waals surface area contributed by atoms with Crippen LogP contribution in [0.3, 0.4) is 0 Å². The molecule has 4 heteroatoms. The van der Waals surface area contributed by atoms with Crippen LogP contribution >= 0.6 is 0 Å². The molecular formula is C15H17NO3. The SMILES string of the molecule is O=C1c2ccccc2C(=O)N1OCC1CCCCC1. The smallest absolute Gasteiger partial charge is 0.266 e. The minimum absolute atomic E-state index is 0.337. The van der Waals surface area contributed by atoms with E-state index in [0.717, 1.165) is 17.9 Å². The number of rotatable bonds is 3. The topological polar surface area (TPSA) is 46.6 Å². The van der Waals surface area contributed by atoms with Crippen LogP contribution in [0.1, 0.15) is 52.8 Å². The molecule has 2 amide bonds. The molecule has 0 atom stereocenters. The fourth-order valence-electron chi connectivity index (χ4n) is 2.82. The van der Waals surface area contributed by atoms with Crippen molar-refractivity contribution in [3.8, 4) is 0 Å². The highest BCUT2D eigenvalue weighted by Crippen LogP contribution is 2.26. The summed E-state index contributed by atoms with van der Waals surface area (Å²) in [5, 5.41) is 0.930. The molecule has 1 aromatic carbocycles. The van der Waals surface area contributed by atoms with Gasteiger partial charge in [-0.2, -0.15) is 0 Å². The summed E-state index contributed by atoms with van der Waals surface area (Å²) in [6.07, 6.45) is 5.97. The summed E-state index contributed by atoms with van der Waals surface area (Å²) in [7, 11) is 0. The number of fused-ring (bicyclic) bond motifs is 1. The maximum atomic E-state index is 12.1. The van der Waals surface area contributed by atoms with E-state index in [-0.39, 0.29) is 11.8 Å². The largest absolute Gasteiger partial charge is 0.285 e. The second-order valence-electron chi connectivity index (χ2n) is 5.25. The monoisotopic (exact) mass is 259 g/mol. The van der Waals surface area contributed by atoms with Crippen LogP contribution in [0.2, 0.25) is 0 Å². The minimum Gasteiger partial charge on any atom is -0.266 e. The fraction of sp³-hybridized carbons (Fsp3) is 0.467. The Morgan fingerprint density at radius 3 is 2.16 bits per heavy atom. The van der Waals surface area contributed by atoms with Crippen LogP contribution in [0, 0.1) is 5.92 Å². The fourth-order valence-corrected chi connectivity index (χ4v) is 2.82. The van der Waals surface area contributed by atoms with Crippen molar-refractivity contribution < 1.29 is 14.4 Å². The molecule has 1 saturated carbocycles. The molecule has 1 fully saturated rings. The lowest BCUT2D eigenvalue weighted by atomic mass is 9.90. The number of carbonyl (C=O) groups is 2. The van der Waals surface area contributed by atoms with Crippen LogP contribution < -0.4 is 0 Å². The minimum atomic E-state index is -0.337. The van der Waals surface area contributed by atoms with Gasteiger partial charge in [-0.1, -0.05) is 31.4 Å². The van der Waals surface area contributed by atoms with Crippen LogP contribution in [0.25, 0.3) is 0 Å². The van der Waals surface area contributed by atoms with Crippen molar-refractivity contribution in [1.82, 2.24) is 5.06 Å². The van der Waals surface area contributed by atoms with E-state index in [4.69, 9.17) is 4.84 Å². The standard InChI is InChI=1S/C15H17NO3/c17-14-12-8-4-5-9-13(12)15(18)16(14)19-10-11-6-2-1-3-7-11/h4-5,8-9,11H,1-3,6-7,10H2. The first-order valence-electron chi connectivity index (χ1n) is 6.88. The summed E-state index contributed by atoms with van der Waals surface area (Å²) >= 11 is 0. The predicted molar refractivity (Wildman–Crippen MR) is 69.5 cm³/mol. The van der Waals surface area contributed by atoms with Crippen molar-refractivity contribution >= 4 is 11.8 Å². The van der Waals surface area contributed by atoms with Gasteiger partial charge in [-0.3, -0.25) is 14.4 Å². The lowest BCUT2D eigenvalue weighted by Crippen LogP contribution is -2.32. The molecule has 1 aliphatic carbocycles. The van der Waals surface area contributed by atoms with Crippen LogP contribution in [0.15, 0.2) is 24.3 Å². The van der Waals surface area contributed by atoms with E-state index in [0.29, 0.717) is 23.7 Å². The van der Waals surface area contributed by atoms with Crippen LogP contribution in [0.5, 0.6) is 0 Å². The molecule has 2 aliphatic rings. The maximum Gasteiger partial charge on any atom is 0.285 e. The Morgan fingerprint density at radius 2 is 1.58 bits per heavy atom. The molecule has 1 aliphatic heterocycles. The van der Waals surface area contributed by atoms with E-state index in [1.54, 1.807) is 24.3 Å². The number of hydrogen-bond donors (Lipinski definition) is 0. The normalized spacial score (nSPS) is 19.9. The van der Waals surface area contributed by atoms with E-state index in [1.807, 2.05) is 0 Å². The van der Waals surface area contributed by atoms with Crippen molar-refractivity contribution in [3.63, 3.8) is 0 Å². The highest BCUT2D eigenvalue weighted by molar-refractivity contribution is 6.20. The summed E-state index contributed by atoms with van der Waals surface area (Å²) in [6.45, 7) is 0.464. The highest BCUT2D eigenvalue weighted by Gasteiger charge is 2.36. The predicted octanol–water partition coefficient (Wildman–Crippen LogP) is 2.79. The first-order valence-corrected chi connectivity index (χ1v) is 6.88. The van der Waals surface area contributed by atoms with Gasteiger partial charge in [-0.25, -0.2) is 0 Å². The highest BCUT2D eigenvalue weighted by atomic mass is 16.7. The van der Waals surface area contributed by atoms with Crippen LogP contribution in [0.4, 0.5) is 0 Å². The van der Waals surface area contributed by atoms with Crippen molar-refractivity contribution in [2.24, 2.45) is 5.92 Å². The zero-order chi connectivity index (χ0) is 13.2. The molecule has 0 saturated heterocycles. The number of benzene rings is 1. The Labute approximate surface area is 112 Å². The van der Waals surface area contributed by atoms with Gasteiger partial charge in [0.2, 0.25) is 0 Å². The van der Waals surface area contributed by atoms with Crippen molar-refractivity contribution in [2.45, 2.75) is 32.1 Å². The molecule has 3 rings (SSSR count). The Morgan fingerprint density at radius 1 is 1.00 bits per heavy atom. The van der Waals surface area contributed by atoms with E-state index in [1.165, 1.54) is 19.3 Å².